The van der Waals surface area contributed by atoms with Crippen molar-refractivity contribution in [1.29, 1.82) is 0 Å². The molecule has 1 N–H and O–H groups in total. The summed E-state index contributed by atoms with van der Waals surface area (Å²) in [6, 6.07) is 4.07. The van der Waals surface area contributed by atoms with Crippen LogP contribution in [0.4, 0.5) is 19.4 Å². The van der Waals surface area contributed by atoms with Crippen molar-refractivity contribution in [3.05, 3.63) is 23.4 Å². The van der Waals surface area contributed by atoms with Crippen LogP contribution in [0.1, 0.15) is 57.7 Å². The zero-order chi connectivity index (χ0) is 19.9. The van der Waals surface area contributed by atoms with Crippen LogP contribution in [-0.2, 0) is 17.6 Å². The zero-order valence-corrected chi connectivity index (χ0v) is 16.6. The van der Waals surface area contributed by atoms with Crippen LogP contribution in [0.25, 0.3) is 0 Å². The molecule has 1 aromatic heterocycles. The lowest BCUT2D eigenvalue weighted by Gasteiger charge is -2.31. The number of nitrogens with zero attached hydrogens (tertiary/aromatic N) is 2. The van der Waals surface area contributed by atoms with Gasteiger partial charge >= 0.3 is 6.09 Å². The molecule has 1 amide bonds. The second-order valence-electron chi connectivity index (χ2n) is 7.91. The summed E-state index contributed by atoms with van der Waals surface area (Å²) in [4.78, 5) is 18.8. The van der Waals surface area contributed by atoms with Crippen molar-refractivity contribution in [2.75, 3.05) is 24.5 Å². The van der Waals surface area contributed by atoms with Crippen molar-refractivity contribution in [3.63, 3.8) is 0 Å². The van der Waals surface area contributed by atoms with Crippen molar-refractivity contribution in [2.45, 2.75) is 71.3 Å². The number of aromatic nitrogens is 1. The highest BCUT2D eigenvalue weighted by molar-refractivity contribution is 5.88. The highest BCUT2D eigenvalue weighted by Gasteiger charge is 2.28. The number of pyridine rings is 1. The number of carbonyl (C=O) groups is 1. The second kappa shape index (κ2) is 9.97. The van der Waals surface area contributed by atoms with Crippen LogP contribution >= 0.6 is 0 Å². The SMILES string of the molecule is CC(C)(C)OC(=O)N1CCCc2ccc(CCCCNCCC(F)F)nc21. The summed E-state index contributed by atoms with van der Waals surface area (Å²) in [5.41, 5.74) is 1.48. The fourth-order valence-corrected chi connectivity index (χ4v) is 3.01. The zero-order valence-electron chi connectivity index (χ0n) is 16.6. The summed E-state index contributed by atoms with van der Waals surface area (Å²) in [7, 11) is 0. The van der Waals surface area contributed by atoms with E-state index in [2.05, 4.69) is 11.4 Å². The first-order valence-electron chi connectivity index (χ1n) is 9.74. The normalized spacial score (nSPS) is 14.4. The molecule has 0 saturated carbocycles. The molecular formula is C20H31F2N3O2. The summed E-state index contributed by atoms with van der Waals surface area (Å²) in [5, 5.41) is 3.03. The van der Waals surface area contributed by atoms with Gasteiger partial charge in [0, 0.05) is 25.2 Å². The largest absolute Gasteiger partial charge is 0.443 e. The third kappa shape index (κ3) is 7.40. The molecule has 27 heavy (non-hydrogen) atoms. The van der Waals surface area contributed by atoms with E-state index in [1.165, 1.54) is 0 Å². The first kappa shape index (κ1) is 21.5. The van der Waals surface area contributed by atoms with E-state index in [1.54, 1.807) is 4.90 Å². The quantitative estimate of drug-likeness (QED) is 0.679. The lowest BCUT2D eigenvalue weighted by atomic mass is 10.0. The van der Waals surface area contributed by atoms with E-state index >= 15 is 0 Å². The Balaban J connectivity index is 1.88. The van der Waals surface area contributed by atoms with Crippen LogP contribution in [0.5, 0.6) is 0 Å². The molecule has 0 spiro atoms. The van der Waals surface area contributed by atoms with E-state index in [-0.39, 0.29) is 12.5 Å². The van der Waals surface area contributed by atoms with Gasteiger partial charge in [-0.3, -0.25) is 4.90 Å². The molecule has 1 aliphatic heterocycles. The first-order chi connectivity index (χ1) is 12.8. The Labute approximate surface area is 160 Å². The Hall–Kier alpha value is -1.76. The molecule has 2 heterocycles. The Morgan fingerprint density at radius 2 is 2.07 bits per heavy atom. The molecule has 7 heteroatoms. The number of unbranched alkanes of at least 4 members (excludes halogenated alkanes) is 1. The van der Waals surface area contributed by atoms with Gasteiger partial charge < -0.3 is 10.1 Å². The molecule has 1 aliphatic rings. The number of alkyl halides is 2. The number of nitrogens with one attached hydrogen (secondary N) is 1. The number of hydrogen-bond acceptors (Lipinski definition) is 4. The van der Waals surface area contributed by atoms with Crippen LogP contribution in [0.15, 0.2) is 12.1 Å². The topological polar surface area (TPSA) is 54.5 Å². The molecule has 0 radical (unpaired) electrons. The monoisotopic (exact) mass is 383 g/mol. The fraction of sp³-hybridized carbons (Fsp3) is 0.700. The predicted octanol–water partition coefficient (Wildman–Crippen LogP) is 4.34. The predicted molar refractivity (Wildman–Crippen MR) is 103 cm³/mol. The Bertz CT molecular complexity index is 618. The number of aryl methyl sites for hydroxylation is 2. The first-order valence-corrected chi connectivity index (χ1v) is 9.74. The van der Waals surface area contributed by atoms with Crippen molar-refractivity contribution >= 4 is 11.9 Å². The van der Waals surface area contributed by atoms with Crippen molar-refractivity contribution in [1.82, 2.24) is 10.3 Å². The van der Waals surface area contributed by atoms with Gasteiger partial charge in [-0.25, -0.2) is 18.6 Å². The van der Waals surface area contributed by atoms with Crippen LogP contribution < -0.4 is 10.2 Å². The highest BCUT2D eigenvalue weighted by Crippen LogP contribution is 2.27. The maximum atomic E-state index is 12.5. The van der Waals surface area contributed by atoms with Gasteiger partial charge in [-0.05, 0) is 71.0 Å². The third-order valence-electron chi connectivity index (χ3n) is 4.29. The molecule has 5 nitrogen and oxygen atoms in total. The summed E-state index contributed by atoms with van der Waals surface area (Å²) in [5.74, 6) is 0.711. The highest BCUT2D eigenvalue weighted by atomic mass is 19.3. The average Bonchev–Trinajstić information content (AvgIpc) is 2.58. The van der Waals surface area contributed by atoms with Gasteiger partial charge in [0.05, 0.1) is 0 Å². The van der Waals surface area contributed by atoms with E-state index in [9.17, 15) is 13.6 Å². The number of rotatable bonds is 8. The average molecular weight is 383 g/mol. The molecule has 0 aliphatic carbocycles. The van der Waals surface area contributed by atoms with E-state index < -0.39 is 12.0 Å². The summed E-state index contributed by atoms with van der Waals surface area (Å²) >= 11 is 0. The van der Waals surface area contributed by atoms with Gasteiger partial charge in [0.25, 0.3) is 0 Å². The molecule has 1 aromatic rings. The molecule has 0 atom stereocenters. The summed E-state index contributed by atoms with van der Waals surface area (Å²) in [6.45, 7) is 7.26. The van der Waals surface area contributed by atoms with Crippen LogP contribution in [0.2, 0.25) is 0 Å². The fourth-order valence-electron chi connectivity index (χ4n) is 3.01. The van der Waals surface area contributed by atoms with Gasteiger partial charge in [0.2, 0.25) is 6.43 Å². The standard InChI is InChI=1S/C20H31F2N3O2/c1-20(2,3)27-19(26)25-14-6-7-15-9-10-16(24-18(15)25)8-4-5-12-23-13-11-17(21)22/h9-10,17,23H,4-8,11-14H2,1-3H3. The van der Waals surface area contributed by atoms with Crippen molar-refractivity contribution < 1.29 is 18.3 Å². The number of halogens is 2. The van der Waals surface area contributed by atoms with Crippen LogP contribution in [-0.4, -0.2) is 42.7 Å². The Morgan fingerprint density at radius 3 is 2.78 bits per heavy atom. The Morgan fingerprint density at radius 1 is 1.30 bits per heavy atom. The lowest BCUT2D eigenvalue weighted by molar-refractivity contribution is 0.0576. The smallest absolute Gasteiger partial charge is 0.416 e. The second-order valence-corrected chi connectivity index (χ2v) is 7.91. The number of ether oxygens (including phenoxy) is 1. The van der Waals surface area contributed by atoms with Crippen molar-refractivity contribution in [2.24, 2.45) is 0 Å². The van der Waals surface area contributed by atoms with Gasteiger partial charge in [-0.1, -0.05) is 6.07 Å². The molecule has 2 rings (SSSR count). The molecule has 0 fully saturated rings. The maximum absolute atomic E-state index is 12.5. The minimum absolute atomic E-state index is 0.104. The summed E-state index contributed by atoms with van der Waals surface area (Å²) < 4.78 is 29.6. The lowest BCUT2D eigenvalue weighted by Crippen LogP contribution is -2.40. The number of amides is 1. The van der Waals surface area contributed by atoms with E-state index in [0.29, 0.717) is 18.9 Å². The van der Waals surface area contributed by atoms with Crippen LogP contribution in [0.3, 0.4) is 0 Å². The maximum Gasteiger partial charge on any atom is 0.416 e. The minimum Gasteiger partial charge on any atom is -0.443 e. The Kier molecular flexibility index (Phi) is 7.95. The molecule has 0 aromatic carbocycles. The van der Waals surface area contributed by atoms with Crippen LogP contribution in [0, 0.1) is 0 Å². The number of carbonyl (C=O) groups excluding carboxylic acids is 1. The molecule has 0 saturated heterocycles. The van der Waals surface area contributed by atoms with Gasteiger partial charge in [-0.2, -0.15) is 0 Å². The molecular weight excluding hydrogens is 352 g/mol. The third-order valence-corrected chi connectivity index (χ3v) is 4.29. The summed E-state index contributed by atoms with van der Waals surface area (Å²) in [6.07, 6.45) is 1.73. The molecule has 152 valence electrons. The van der Waals surface area contributed by atoms with Gasteiger partial charge in [0.1, 0.15) is 11.4 Å². The van der Waals surface area contributed by atoms with E-state index in [4.69, 9.17) is 9.72 Å². The minimum atomic E-state index is -2.25. The number of anilines is 1. The molecule has 0 bridgehead atoms. The van der Waals surface area contributed by atoms with Crippen molar-refractivity contribution in [3.8, 4) is 0 Å². The number of hydrogen-bond donors (Lipinski definition) is 1. The van der Waals surface area contributed by atoms with E-state index in [1.807, 2.05) is 26.8 Å². The molecule has 0 unspecified atom stereocenters. The number of fused-ring (bicyclic) bond motifs is 1. The van der Waals surface area contributed by atoms with E-state index in [0.717, 1.165) is 49.9 Å². The van der Waals surface area contributed by atoms with Gasteiger partial charge in [-0.15, -0.1) is 0 Å². The van der Waals surface area contributed by atoms with Gasteiger partial charge in [0.15, 0.2) is 0 Å².